The number of hydrogen-bond acceptors (Lipinski definition) is 6. The zero-order valence-corrected chi connectivity index (χ0v) is 15.3. The first-order valence-electron chi connectivity index (χ1n) is 8.97. The molecule has 1 atom stereocenters. The minimum absolute atomic E-state index is 0.0407. The Labute approximate surface area is 153 Å². The van der Waals surface area contributed by atoms with E-state index in [-0.39, 0.29) is 5.91 Å². The Morgan fingerprint density at radius 3 is 2.73 bits per heavy atom. The molecule has 26 heavy (non-hydrogen) atoms. The van der Waals surface area contributed by atoms with Gasteiger partial charge in [-0.1, -0.05) is 0 Å². The summed E-state index contributed by atoms with van der Waals surface area (Å²) in [6.07, 6.45) is 9.17. The van der Waals surface area contributed by atoms with Crippen LogP contribution in [0, 0.1) is 5.92 Å². The number of ether oxygens (including phenoxy) is 1. The molecule has 1 N–H and O–H groups in total. The molecule has 7 heteroatoms. The van der Waals surface area contributed by atoms with Crippen LogP contribution in [-0.2, 0) is 6.42 Å². The normalized spacial score (nSPS) is 17.5. The average molecular weight is 355 g/mol. The summed E-state index contributed by atoms with van der Waals surface area (Å²) in [7, 11) is 3.40. The quantitative estimate of drug-likeness (QED) is 0.887. The van der Waals surface area contributed by atoms with Gasteiger partial charge in [0.05, 0.1) is 30.8 Å². The van der Waals surface area contributed by atoms with E-state index in [2.05, 4.69) is 20.3 Å². The summed E-state index contributed by atoms with van der Waals surface area (Å²) in [5.74, 6) is 1.86. The van der Waals surface area contributed by atoms with Crippen molar-refractivity contribution in [2.45, 2.75) is 25.7 Å². The third-order valence-corrected chi connectivity index (χ3v) is 4.79. The molecule has 0 aromatic carbocycles. The molecule has 0 saturated carbocycles. The second kappa shape index (κ2) is 8.60. The number of carbonyl (C=O) groups excluding carboxylic acids is 1. The lowest BCUT2D eigenvalue weighted by atomic mass is 9.95. The lowest BCUT2D eigenvalue weighted by molar-refractivity contribution is 0.0759. The maximum absolute atomic E-state index is 12.7. The largest absolute Gasteiger partial charge is 0.481 e. The Balaban J connectivity index is 1.57. The fourth-order valence-electron chi connectivity index (χ4n) is 3.27. The van der Waals surface area contributed by atoms with Gasteiger partial charge in [0.25, 0.3) is 5.91 Å². The van der Waals surface area contributed by atoms with Crippen molar-refractivity contribution < 1.29 is 9.53 Å². The van der Waals surface area contributed by atoms with Crippen LogP contribution in [0.3, 0.4) is 0 Å². The van der Waals surface area contributed by atoms with Gasteiger partial charge in [-0.15, -0.1) is 0 Å². The number of likely N-dealkylation sites (tertiary alicyclic amines) is 1. The zero-order chi connectivity index (χ0) is 18.4. The van der Waals surface area contributed by atoms with E-state index in [1.165, 1.54) is 0 Å². The zero-order valence-electron chi connectivity index (χ0n) is 15.3. The molecule has 1 amide bonds. The molecule has 1 saturated heterocycles. The minimum Gasteiger partial charge on any atom is -0.481 e. The van der Waals surface area contributed by atoms with Gasteiger partial charge in [-0.25, -0.2) is 9.97 Å². The fraction of sp³-hybridized carbons (Fsp3) is 0.474. The minimum atomic E-state index is 0.0407. The molecule has 2 aromatic rings. The summed E-state index contributed by atoms with van der Waals surface area (Å²) >= 11 is 0. The van der Waals surface area contributed by atoms with E-state index in [9.17, 15) is 4.79 Å². The molecule has 138 valence electrons. The monoisotopic (exact) mass is 355 g/mol. The molecule has 1 aliphatic rings. The molecule has 0 spiro atoms. The van der Waals surface area contributed by atoms with Gasteiger partial charge in [-0.2, -0.15) is 0 Å². The molecule has 1 aliphatic heterocycles. The molecule has 0 radical (unpaired) electrons. The van der Waals surface area contributed by atoms with Crippen molar-refractivity contribution in [1.29, 1.82) is 0 Å². The highest BCUT2D eigenvalue weighted by atomic mass is 16.5. The Morgan fingerprint density at radius 2 is 2.08 bits per heavy atom. The Morgan fingerprint density at radius 1 is 1.19 bits per heavy atom. The van der Waals surface area contributed by atoms with Crippen molar-refractivity contribution in [3.63, 3.8) is 0 Å². The number of nitrogens with zero attached hydrogens (tertiary/aromatic N) is 4. The number of nitrogens with one attached hydrogen (secondary N) is 1. The number of pyridine rings is 1. The fourth-order valence-corrected chi connectivity index (χ4v) is 3.27. The molecule has 0 aliphatic carbocycles. The Hall–Kier alpha value is -2.70. The van der Waals surface area contributed by atoms with Crippen LogP contribution in [-0.4, -0.2) is 53.0 Å². The molecule has 0 bridgehead atoms. The summed E-state index contributed by atoms with van der Waals surface area (Å²) in [5.41, 5.74) is 1.62. The Kier molecular flexibility index (Phi) is 5.99. The number of aromatic nitrogens is 3. The van der Waals surface area contributed by atoms with Crippen molar-refractivity contribution in [2.75, 3.05) is 32.6 Å². The number of carbonyl (C=O) groups is 1. The molecule has 1 fully saturated rings. The highest BCUT2D eigenvalue weighted by molar-refractivity contribution is 5.94. The molecule has 2 aromatic heterocycles. The molecule has 3 heterocycles. The van der Waals surface area contributed by atoms with Gasteiger partial charge in [-0.05, 0) is 37.7 Å². The predicted octanol–water partition coefficient (Wildman–Crippen LogP) is 2.41. The van der Waals surface area contributed by atoms with Gasteiger partial charge in [0.15, 0.2) is 0 Å². The number of methoxy groups -OCH3 is 1. The van der Waals surface area contributed by atoms with Crippen LogP contribution in [0.4, 0.5) is 5.82 Å². The SMILES string of the molecule is CNc1cnc(CC2CCCN(C(=O)c3ccc(OC)nc3)CC2)cn1. The van der Waals surface area contributed by atoms with Crippen molar-refractivity contribution in [2.24, 2.45) is 5.92 Å². The van der Waals surface area contributed by atoms with Crippen molar-refractivity contribution in [3.05, 3.63) is 42.0 Å². The van der Waals surface area contributed by atoms with Gasteiger partial charge in [0.1, 0.15) is 5.82 Å². The smallest absolute Gasteiger partial charge is 0.255 e. The average Bonchev–Trinajstić information content (AvgIpc) is 2.94. The van der Waals surface area contributed by atoms with Crippen LogP contribution in [0.2, 0.25) is 0 Å². The van der Waals surface area contributed by atoms with E-state index in [1.54, 1.807) is 31.6 Å². The number of hydrogen-bond donors (Lipinski definition) is 1. The first-order valence-corrected chi connectivity index (χ1v) is 8.97. The lowest BCUT2D eigenvalue weighted by Gasteiger charge is -2.20. The summed E-state index contributed by atoms with van der Waals surface area (Å²) in [5, 5.41) is 2.98. The van der Waals surface area contributed by atoms with Crippen LogP contribution in [0.25, 0.3) is 0 Å². The van der Waals surface area contributed by atoms with E-state index in [1.807, 2.05) is 18.1 Å². The predicted molar refractivity (Wildman–Crippen MR) is 99.3 cm³/mol. The molecular formula is C19H25N5O2. The maximum atomic E-state index is 12.7. The molecular weight excluding hydrogens is 330 g/mol. The van der Waals surface area contributed by atoms with Gasteiger partial charge < -0.3 is 15.0 Å². The van der Waals surface area contributed by atoms with Gasteiger partial charge in [0, 0.05) is 32.4 Å². The standard InChI is InChI=1S/C19H25N5O2/c1-20-17-13-21-16(12-22-17)10-14-4-3-8-24(9-7-14)19(25)15-5-6-18(26-2)23-11-15/h5-6,11-14H,3-4,7-10H2,1-2H3,(H,20,22). The van der Waals surface area contributed by atoms with Gasteiger partial charge in [0.2, 0.25) is 5.88 Å². The van der Waals surface area contributed by atoms with Crippen molar-refractivity contribution in [3.8, 4) is 5.88 Å². The number of amides is 1. The van der Waals surface area contributed by atoms with Crippen molar-refractivity contribution in [1.82, 2.24) is 19.9 Å². The maximum Gasteiger partial charge on any atom is 0.255 e. The van der Waals surface area contributed by atoms with Crippen molar-refractivity contribution >= 4 is 11.7 Å². The first kappa shape index (κ1) is 18.1. The summed E-state index contributed by atoms with van der Waals surface area (Å²) in [6, 6.07) is 3.50. The second-order valence-corrected chi connectivity index (χ2v) is 6.53. The van der Waals surface area contributed by atoms with Crippen LogP contribution >= 0.6 is 0 Å². The summed E-state index contributed by atoms with van der Waals surface area (Å²) in [6.45, 7) is 1.54. The lowest BCUT2D eigenvalue weighted by Crippen LogP contribution is -2.32. The molecule has 1 unspecified atom stereocenters. The van der Waals surface area contributed by atoms with Gasteiger partial charge >= 0.3 is 0 Å². The Bertz CT molecular complexity index is 718. The molecule has 3 rings (SSSR count). The van der Waals surface area contributed by atoms with Crippen LogP contribution in [0.1, 0.15) is 35.3 Å². The van der Waals surface area contributed by atoms with E-state index in [4.69, 9.17) is 4.74 Å². The van der Waals surface area contributed by atoms with Crippen LogP contribution < -0.4 is 10.1 Å². The third-order valence-electron chi connectivity index (χ3n) is 4.79. The van der Waals surface area contributed by atoms with E-state index in [0.717, 1.165) is 50.3 Å². The summed E-state index contributed by atoms with van der Waals surface area (Å²) in [4.78, 5) is 27.6. The second-order valence-electron chi connectivity index (χ2n) is 6.53. The van der Waals surface area contributed by atoms with E-state index < -0.39 is 0 Å². The van der Waals surface area contributed by atoms with Crippen LogP contribution in [0.5, 0.6) is 5.88 Å². The van der Waals surface area contributed by atoms with E-state index in [0.29, 0.717) is 17.4 Å². The van der Waals surface area contributed by atoms with Crippen LogP contribution in [0.15, 0.2) is 30.7 Å². The topological polar surface area (TPSA) is 80.2 Å². The van der Waals surface area contributed by atoms with Gasteiger partial charge in [-0.3, -0.25) is 9.78 Å². The highest BCUT2D eigenvalue weighted by Gasteiger charge is 2.22. The molecule has 7 nitrogen and oxygen atoms in total. The number of anilines is 1. The summed E-state index contributed by atoms with van der Waals surface area (Å²) < 4.78 is 5.05. The number of rotatable bonds is 5. The third kappa shape index (κ3) is 4.47. The highest BCUT2D eigenvalue weighted by Crippen LogP contribution is 2.22. The van der Waals surface area contributed by atoms with E-state index >= 15 is 0 Å². The first-order chi connectivity index (χ1) is 12.7.